The number of hydrogen-bond donors (Lipinski definition) is 2. The molecule has 1 heterocycles. The first-order valence-electron chi connectivity index (χ1n) is 6.30. The summed E-state index contributed by atoms with van der Waals surface area (Å²) in [6.45, 7) is 8.53. The first kappa shape index (κ1) is 13.2. The van der Waals surface area contributed by atoms with Crippen molar-refractivity contribution in [1.29, 1.82) is 0 Å². The summed E-state index contributed by atoms with van der Waals surface area (Å²) in [4.78, 5) is 0. The first-order chi connectivity index (χ1) is 8.52. The van der Waals surface area contributed by atoms with Crippen molar-refractivity contribution in [2.75, 3.05) is 20.4 Å². The summed E-state index contributed by atoms with van der Waals surface area (Å²) in [5, 5.41) is 6.74. The van der Waals surface area contributed by atoms with E-state index in [0.717, 1.165) is 24.6 Å². The topological polar surface area (TPSA) is 42.5 Å². The van der Waals surface area contributed by atoms with Crippen LogP contribution in [0.5, 0.6) is 11.5 Å². The number of fused-ring (bicyclic) bond motifs is 1. The van der Waals surface area contributed by atoms with E-state index in [1.807, 2.05) is 13.1 Å². The lowest BCUT2D eigenvalue weighted by molar-refractivity contribution is 0.174. The Morgan fingerprint density at radius 2 is 1.89 bits per heavy atom. The van der Waals surface area contributed by atoms with Crippen LogP contribution in [-0.4, -0.2) is 25.9 Å². The molecule has 0 aromatic heterocycles. The second-order valence-corrected chi connectivity index (χ2v) is 5.37. The van der Waals surface area contributed by atoms with Crippen LogP contribution in [-0.2, 0) is 6.54 Å². The van der Waals surface area contributed by atoms with E-state index in [1.165, 1.54) is 11.1 Å². The van der Waals surface area contributed by atoms with Crippen molar-refractivity contribution in [3.8, 4) is 11.5 Å². The molecule has 0 saturated carbocycles. The van der Waals surface area contributed by atoms with Crippen molar-refractivity contribution in [2.45, 2.75) is 32.9 Å². The Labute approximate surface area is 109 Å². The highest BCUT2D eigenvalue weighted by Crippen LogP contribution is 2.34. The average molecular weight is 250 g/mol. The SMILES string of the molecule is CNC(C)(C)CNCc1cc2c(cc1C)OCO2. The van der Waals surface area contributed by atoms with Crippen LogP contribution < -0.4 is 20.1 Å². The molecule has 0 atom stereocenters. The third-order valence-corrected chi connectivity index (χ3v) is 3.39. The lowest BCUT2D eigenvalue weighted by atomic mass is 10.0. The van der Waals surface area contributed by atoms with Gasteiger partial charge in [-0.3, -0.25) is 0 Å². The molecule has 0 radical (unpaired) electrons. The normalized spacial score (nSPS) is 14.0. The van der Waals surface area contributed by atoms with Crippen molar-refractivity contribution in [2.24, 2.45) is 0 Å². The second kappa shape index (κ2) is 5.16. The van der Waals surface area contributed by atoms with E-state index in [-0.39, 0.29) is 5.54 Å². The van der Waals surface area contributed by atoms with Crippen LogP contribution >= 0.6 is 0 Å². The molecule has 1 aromatic rings. The molecule has 4 nitrogen and oxygen atoms in total. The zero-order chi connectivity index (χ0) is 13.2. The lowest BCUT2D eigenvalue weighted by Gasteiger charge is -2.24. The molecule has 18 heavy (non-hydrogen) atoms. The van der Waals surface area contributed by atoms with E-state index in [1.54, 1.807) is 0 Å². The highest BCUT2D eigenvalue weighted by Gasteiger charge is 2.17. The fourth-order valence-electron chi connectivity index (χ4n) is 1.87. The van der Waals surface area contributed by atoms with Crippen LogP contribution in [0.2, 0.25) is 0 Å². The van der Waals surface area contributed by atoms with Gasteiger partial charge in [-0.1, -0.05) is 0 Å². The predicted octanol–water partition coefficient (Wildman–Crippen LogP) is 1.81. The zero-order valence-corrected chi connectivity index (χ0v) is 11.6. The van der Waals surface area contributed by atoms with Gasteiger partial charge in [-0.2, -0.15) is 0 Å². The quantitative estimate of drug-likeness (QED) is 0.836. The van der Waals surface area contributed by atoms with Gasteiger partial charge in [0, 0.05) is 18.6 Å². The van der Waals surface area contributed by atoms with Crippen LogP contribution in [0.3, 0.4) is 0 Å². The van der Waals surface area contributed by atoms with Crippen LogP contribution in [0.1, 0.15) is 25.0 Å². The highest BCUT2D eigenvalue weighted by atomic mass is 16.7. The van der Waals surface area contributed by atoms with Crippen LogP contribution in [0.15, 0.2) is 12.1 Å². The Morgan fingerprint density at radius 1 is 1.22 bits per heavy atom. The molecular formula is C14H22N2O2. The van der Waals surface area contributed by atoms with E-state index >= 15 is 0 Å². The molecule has 1 aliphatic rings. The van der Waals surface area contributed by atoms with Crippen molar-refractivity contribution < 1.29 is 9.47 Å². The van der Waals surface area contributed by atoms with Crippen molar-refractivity contribution in [3.63, 3.8) is 0 Å². The summed E-state index contributed by atoms with van der Waals surface area (Å²) in [6, 6.07) is 4.11. The smallest absolute Gasteiger partial charge is 0.231 e. The largest absolute Gasteiger partial charge is 0.454 e. The number of likely N-dealkylation sites (N-methyl/N-ethyl adjacent to an activating group) is 1. The first-order valence-corrected chi connectivity index (χ1v) is 6.30. The molecule has 0 spiro atoms. The van der Waals surface area contributed by atoms with Gasteiger partial charge in [-0.15, -0.1) is 0 Å². The average Bonchev–Trinajstić information content (AvgIpc) is 2.76. The molecule has 1 aromatic carbocycles. The Kier molecular flexibility index (Phi) is 3.78. The molecular weight excluding hydrogens is 228 g/mol. The summed E-state index contributed by atoms with van der Waals surface area (Å²) in [5.74, 6) is 1.71. The predicted molar refractivity (Wildman–Crippen MR) is 72.1 cm³/mol. The Hall–Kier alpha value is -1.26. The molecule has 0 aliphatic carbocycles. The number of hydrogen-bond acceptors (Lipinski definition) is 4. The lowest BCUT2D eigenvalue weighted by Crippen LogP contribution is -2.45. The third-order valence-electron chi connectivity index (χ3n) is 3.39. The number of ether oxygens (including phenoxy) is 2. The Morgan fingerprint density at radius 3 is 2.56 bits per heavy atom. The van der Waals surface area contributed by atoms with Gasteiger partial charge in [-0.25, -0.2) is 0 Å². The zero-order valence-electron chi connectivity index (χ0n) is 11.6. The molecule has 0 bridgehead atoms. The molecule has 0 amide bonds. The molecule has 2 N–H and O–H groups in total. The fourth-order valence-corrected chi connectivity index (χ4v) is 1.87. The van der Waals surface area contributed by atoms with E-state index in [9.17, 15) is 0 Å². The van der Waals surface area contributed by atoms with Gasteiger partial charge in [-0.05, 0) is 51.1 Å². The summed E-state index contributed by atoms with van der Waals surface area (Å²) in [7, 11) is 1.98. The molecule has 1 aliphatic heterocycles. The maximum Gasteiger partial charge on any atom is 0.231 e. The summed E-state index contributed by atoms with van der Waals surface area (Å²) in [6.07, 6.45) is 0. The van der Waals surface area contributed by atoms with Gasteiger partial charge in [0.15, 0.2) is 11.5 Å². The highest BCUT2D eigenvalue weighted by molar-refractivity contribution is 5.48. The van der Waals surface area contributed by atoms with E-state index < -0.39 is 0 Å². The van der Waals surface area contributed by atoms with Crippen molar-refractivity contribution in [3.05, 3.63) is 23.3 Å². The van der Waals surface area contributed by atoms with Gasteiger partial charge < -0.3 is 20.1 Å². The maximum atomic E-state index is 5.40. The molecule has 100 valence electrons. The minimum Gasteiger partial charge on any atom is -0.454 e. The summed E-state index contributed by atoms with van der Waals surface area (Å²) >= 11 is 0. The Bertz CT molecular complexity index is 430. The molecule has 0 fully saturated rings. The van der Waals surface area contributed by atoms with Gasteiger partial charge in [0.2, 0.25) is 6.79 Å². The third kappa shape index (κ3) is 2.94. The standard InChI is InChI=1S/C14H22N2O2/c1-10-5-12-13(18-9-17-12)6-11(10)7-16-8-14(2,3)15-4/h5-6,15-16H,7-9H2,1-4H3. The van der Waals surface area contributed by atoms with Crippen LogP contribution in [0.25, 0.3) is 0 Å². The fraction of sp³-hybridized carbons (Fsp3) is 0.571. The number of benzene rings is 1. The number of nitrogens with one attached hydrogen (secondary N) is 2. The molecule has 2 rings (SSSR count). The van der Waals surface area contributed by atoms with Gasteiger partial charge in [0.25, 0.3) is 0 Å². The van der Waals surface area contributed by atoms with E-state index in [0.29, 0.717) is 6.79 Å². The summed E-state index contributed by atoms with van der Waals surface area (Å²) in [5.41, 5.74) is 2.59. The molecule has 0 unspecified atom stereocenters. The molecule has 4 heteroatoms. The van der Waals surface area contributed by atoms with E-state index in [4.69, 9.17) is 9.47 Å². The van der Waals surface area contributed by atoms with Crippen molar-refractivity contribution >= 4 is 0 Å². The molecule has 0 saturated heterocycles. The van der Waals surface area contributed by atoms with Gasteiger partial charge >= 0.3 is 0 Å². The maximum absolute atomic E-state index is 5.40. The van der Waals surface area contributed by atoms with Gasteiger partial charge in [0.05, 0.1) is 0 Å². The Balaban J connectivity index is 1.98. The minimum atomic E-state index is 0.101. The monoisotopic (exact) mass is 250 g/mol. The van der Waals surface area contributed by atoms with Crippen LogP contribution in [0, 0.1) is 6.92 Å². The number of rotatable bonds is 5. The van der Waals surface area contributed by atoms with E-state index in [2.05, 4.69) is 37.5 Å². The van der Waals surface area contributed by atoms with Gasteiger partial charge in [0.1, 0.15) is 0 Å². The van der Waals surface area contributed by atoms with Crippen molar-refractivity contribution in [1.82, 2.24) is 10.6 Å². The number of aryl methyl sites for hydroxylation is 1. The van der Waals surface area contributed by atoms with Crippen LogP contribution in [0.4, 0.5) is 0 Å². The minimum absolute atomic E-state index is 0.101. The second-order valence-electron chi connectivity index (χ2n) is 5.37. The summed E-state index contributed by atoms with van der Waals surface area (Å²) < 4.78 is 10.8.